The largest absolute Gasteiger partial charge is 0.335 e. The van der Waals surface area contributed by atoms with Crippen LogP contribution in [-0.2, 0) is 16.6 Å². The molecule has 6 heteroatoms. The van der Waals surface area contributed by atoms with Gasteiger partial charge in [0.15, 0.2) is 0 Å². The fourth-order valence-electron chi connectivity index (χ4n) is 3.42. The number of hydrogen-bond acceptors (Lipinski definition) is 3. The number of benzene rings is 2. The van der Waals surface area contributed by atoms with Crippen LogP contribution in [0, 0.1) is 0 Å². The summed E-state index contributed by atoms with van der Waals surface area (Å²) in [5.41, 5.74) is 1.56. The Morgan fingerprint density at radius 1 is 1.04 bits per heavy atom. The van der Waals surface area contributed by atoms with E-state index in [4.69, 9.17) is 0 Å². The van der Waals surface area contributed by atoms with E-state index in [0.717, 1.165) is 31.2 Å². The van der Waals surface area contributed by atoms with E-state index < -0.39 is 10.0 Å². The third kappa shape index (κ3) is 4.96. The Morgan fingerprint density at radius 2 is 1.67 bits per heavy atom. The summed E-state index contributed by atoms with van der Waals surface area (Å²) >= 11 is 0. The van der Waals surface area contributed by atoms with Crippen molar-refractivity contribution in [1.29, 1.82) is 0 Å². The molecule has 1 saturated carbocycles. The van der Waals surface area contributed by atoms with E-state index in [1.54, 1.807) is 17.0 Å². The summed E-state index contributed by atoms with van der Waals surface area (Å²) in [5, 5.41) is 0. The van der Waals surface area contributed by atoms with Crippen molar-refractivity contribution in [2.75, 3.05) is 6.54 Å². The summed E-state index contributed by atoms with van der Waals surface area (Å²) in [6.45, 7) is 3.04. The Labute approximate surface area is 161 Å². The summed E-state index contributed by atoms with van der Waals surface area (Å²) in [5.74, 6) is -0.103. The Balaban J connectivity index is 1.70. The van der Waals surface area contributed by atoms with E-state index in [0.29, 0.717) is 18.7 Å². The summed E-state index contributed by atoms with van der Waals surface area (Å²) in [6.07, 6.45) is 3.91. The smallest absolute Gasteiger partial charge is 0.254 e. The molecule has 0 aromatic heterocycles. The topological polar surface area (TPSA) is 66.5 Å². The van der Waals surface area contributed by atoms with E-state index in [1.165, 1.54) is 12.1 Å². The molecule has 0 atom stereocenters. The number of amides is 1. The van der Waals surface area contributed by atoms with Crippen molar-refractivity contribution in [3.63, 3.8) is 0 Å². The molecule has 1 fully saturated rings. The molecule has 1 aliphatic rings. The zero-order chi connectivity index (χ0) is 19.3. The molecule has 2 aromatic carbocycles. The van der Waals surface area contributed by atoms with Crippen LogP contribution in [0.2, 0.25) is 0 Å². The summed E-state index contributed by atoms with van der Waals surface area (Å²) in [4.78, 5) is 14.7. The van der Waals surface area contributed by atoms with E-state index in [-0.39, 0.29) is 16.8 Å². The van der Waals surface area contributed by atoms with E-state index in [9.17, 15) is 13.2 Å². The molecule has 0 saturated heterocycles. The minimum absolute atomic E-state index is 0.0257. The second kappa shape index (κ2) is 8.67. The molecule has 0 spiro atoms. The second-order valence-electron chi connectivity index (χ2n) is 6.93. The highest BCUT2D eigenvalue weighted by Crippen LogP contribution is 2.21. The van der Waals surface area contributed by atoms with Gasteiger partial charge in [-0.15, -0.1) is 0 Å². The van der Waals surface area contributed by atoms with E-state index in [2.05, 4.69) is 4.72 Å². The Kier molecular flexibility index (Phi) is 6.29. The number of nitrogens with zero attached hydrogens (tertiary/aromatic N) is 1. The highest BCUT2D eigenvalue weighted by atomic mass is 32.2. The molecule has 1 aliphatic carbocycles. The van der Waals surface area contributed by atoms with Crippen LogP contribution in [0.15, 0.2) is 59.5 Å². The summed E-state index contributed by atoms with van der Waals surface area (Å²) in [7, 11) is -3.54. The van der Waals surface area contributed by atoms with Gasteiger partial charge >= 0.3 is 0 Å². The molecule has 0 unspecified atom stereocenters. The number of carbonyl (C=O) groups excluding carboxylic acids is 1. The predicted molar refractivity (Wildman–Crippen MR) is 106 cm³/mol. The predicted octanol–water partition coefficient (Wildman–Crippen LogP) is 3.57. The number of hydrogen-bond donors (Lipinski definition) is 1. The molecule has 1 amide bonds. The molecule has 144 valence electrons. The Morgan fingerprint density at radius 3 is 2.26 bits per heavy atom. The van der Waals surface area contributed by atoms with E-state index in [1.807, 2.05) is 37.3 Å². The van der Waals surface area contributed by atoms with Gasteiger partial charge in [0, 0.05) is 24.7 Å². The molecule has 0 radical (unpaired) electrons. The van der Waals surface area contributed by atoms with Crippen LogP contribution in [0.4, 0.5) is 0 Å². The molecule has 3 rings (SSSR count). The van der Waals surface area contributed by atoms with E-state index >= 15 is 0 Å². The number of nitrogens with one attached hydrogen (secondary N) is 1. The monoisotopic (exact) mass is 386 g/mol. The highest BCUT2D eigenvalue weighted by molar-refractivity contribution is 7.89. The normalized spacial score (nSPS) is 15.0. The van der Waals surface area contributed by atoms with Crippen LogP contribution in [0.25, 0.3) is 0 Å². The average molecular weight is 387 g/mol. The highest BCUT2D eigenvalue weighted by Gasteiger charge is 2.23. The maximum atomic E-state index is 12.8. The third-order valence-electron chi connectivity index (χ3n) is 4.97. The van der Waals surface area contributed by atoms with Crippen molar-refractivity contribution in [1.82, 2.24) is 9.62 Å². The molecule has 27 heavy (non-hydrogen) atoms. The molecular formula is C21H26N2O3S. The van der Waals surface area contributed by atoms with Crippen LogP contribution in [0.3, 0.4) is 0 Å². The maximum absolute atomic E-state index is 12.8. The van der Waals surface area contributed by atoms with Crippen LogP contribution in [0.1, 0.15) is 48.5 Å². The zero-order valence-electron chi connectivity index (χ0n) is 15.6. The van der Waals surface area contributed by atoms with Crippen molar-refractivity contribution in [2.45, 2.75) is 50.1 Å². The van der Waals surface area contributed by atoms with Crippen molar-refractivity contribution in [2.24, 2.45) is 0 Å². The van der Waals surface area contributed by atoms with Gasteiger partial charge in [0.2, 0.25) is 10.0 Å². The molecular weight excluding hydrogens is 360 g/mol. The fraction of sp³-hybridized carbons (Fsp3) is 0.381. The SMILES string of the molecule is CCN(Cc1ccccc1)C(=O)c1ccc(S(=O)(=O)NC2CCCC2)cc1. The first-order chi connectivity index (χ1) is 13.0. The molecule has 0 aliphatic heterocycles. The Hall–Kier alpha value is -2.18. The lowest BCUT2D eigenvalue weighted by Gasteiger charge is -2.21. The first kappa shape index (κ1) is 19.6. The van der Waals surface area contributed by atoms with Crippen molar-refractivity contribution in [3.05, 3.63) is 65.7 Å². The van der Waals surface area contributed by atoms with Gasteiger partial charge < -0.3 is 4.90 Å². The molecule has 2 aromatic rings. The number of carbonyl (C=O) groups is 1. The van der Waals surface area contributed by atoms with Crippen molar-refractivity contribution >= 4 is 15.9 Å². The molecule has 0 bridgehead atoms. The van der Waals surface area contributed by atoms with Crippen molar-refractivity contribution < 1.29 is 13.2 Å². The lowest BCUT2D eigenvalue weighted by Crippen LogP contribution is -2.33. The standard InChI is InChI=1S/C21H26N2O3S/c1-2-23(16-17-8-4-3-5-9-17)21(24)18-12-14-20(15-13-18)27(25,26)22-19-10-6-7-11-19/h3-5,8-9,12-15,19,22H,2,6-7,10-11,16H2,1H3. The lowest BCUT2D eigenvalue weighted by atomic mass is 10.1. The first-order valence-electron chi connectivity index (χ1n) is 9.45. The van der Waals surface area contributed by atoms with Crippen LogP contribution in [-0.4, -0.2) is 31.8 Å². The van der Waals surface area contributed by atoms with Gasteiger partial charge in [-0.05, 0) is 49.6 Å². The van der Waals surface area contributed by atoms with Crippen LogP contribution >= 0.6 is 0 Å². The molecule has 5 nitrogen and oxygen atoms in total. The zero-order valence-corrected chi connectivity index (χ0v) is 16.4. The van der Waals surface area contributed by atoms with Gasteiger partial charge in [0.05, 0.1) is 4.90 Å². The van der Waals surface area contributed by atoms with Gasteiger partial charge in [0.25, 0.3) is 5.91 Å². The maximum Gasteiger partial charge on any atom is 0.254 e. The van der Waals surface area contributed by atoms with Crippen molar-refractivity contribution in [3.8, 4) is 0 Å². The van der Waals surface area contributed by atoms with Gasteiger partial charge in [-0.25, -0.2) is 13.1 Å². The third-order valence-corrected chi connectivity index (χ3v) is 6.51. The first-order valence-corrected chi connectivity index (χ1v) is 10.9. The molecule has 1 N–H and O–H groups in total. The van der Waals surface area contributed by atoms with Gasteiger partial charge in [-0.3, -0.25) is 4.79 Å². The summed E-state index contributed by atoms with van der Waals surface area (Å²) in [6, 6.07) is 16.1. The van der Waals surface area contributed by atoms with Gasteiger partial charge in [0.1, 0.15) is 0 Å². The minimum atomic E-state index is -3.54. The van der Waals surface area contributed by atoms with Crippen LogP contribution in [0.5, 0.6) is 0 Å². The van der Waals surface area contributed by atoms with Gasteiger partial charge in [-0.1, -0.05) is 43.2 Å². The Bertz CT molecular complexity index is 858. The quantitative estimate of drug-likeness (QED) is 0.791. The summed E-state index contributed by atoms with van der Waals surface area (Å²) < 4.78 is 27.8. The number of sulfonamides is 1. The van der Waals surface area contributed by atoms with Crippen LogP contribution < -0.4 is 4.72 Å². The second-order valence-corrected chi connectivity index (χ2v) is 8.65. The average Bonchev–Trinajstić information content (AvgIpc) is 3.19. The number of rotatable bonds is 7. The lowest BCUT2D eigenvalue weighted by molar-refractivity contribution is 0.0752. The van der Waals surface area contributed by atoms with Gasteiger partial charge in [-0.2, -0.15) is 0 Å². The molecule has 0 heterocycles. The minimum Gasteiger partial charge on any atom is -0.335 e. The fourth-order valence-corrected chi connectivity index (χ4v) is 4.73.